The highest BCUT2D eigenvalue weighted by atomic mass is 79.9. The number of halogens is 2. The first-order valence-electron chi connectivity index (χ1n) is 6.02. The average molecular weight is 341 g/mol. The SMILES string of the molecule is CC(NCc1ccc(Cl)cc1Br)c1cccc(O)c1. The van der Waals surface area contributed by atoms with Crippen LogP contribution in [0.15, 0.2) is 46.9 Å². The summed E-state index contributed by atoms with van der Waals surface area (Å²) in [6.45, 7) is 2.80. The molecule has 0 amide bonds. The van der Waals surface area contributed by atoms with Crippen molar-refractivity contribution in [2.75, 3.05) is 0 Å². The van der Waals surface area contributed by atoms with Crippen molar-refractivity contribution in [3.8, 4) is 5.75 Å². The molecule has 2 N–H and O–H groups in total. The molecule has 19 heavy (non-hydrogen) atoms. The summed E-state index contributed by atoms with van der Waals surface area (Å²) in [5.41, 5.74) is 2.21. The van der Waals surface area contributed by atoms with Gasteiger partial charge in [0.05, 0.1) is 0 Å². The molecule has 0 aliphatic heterocycles. The molecule has 0 radical (unpaired) electrons. The second-order valence-electron chi connectivity index (χ2n) is 4.43. The van der Waals surface area contributed by atoms with Crippen LogP contribution in [0.3, 0.4) is 0 Å². The van der Waals surface area contributed by atoms with Gasteiger partial charge in [0.2, 0.25) is 0 Å². The summed E-state index contributed by atoms with van der Waals surface area (Å²) in [7, 11) is 0. The monoisotopic (exact) mass is 339 g/mol. The van der Waals surface area contributed by atoms with Crippen LogP contribution in [0.25, 0.3) is 0 Å². The quantitative estimate of drug-likeness (QED) is 0.848. The van der Waals surface area contributed by atoms with E-state index in [0.29, 0.717) is 5.75 Å². The lowest BCUT2D eigenvalue weighted by Crippen LogP contribution is -2.18. The van der Waals surface area contributed by atoms with Crippen LogP contribution in [-0.2, 0) is 6.54 Å². The average Bonchev–Trinajstić information content (AvgIpc) is 2.37. The second kappa shape index (κ2) is 6.42. The molecule has 0 saturated heterocycles. The van der Waals surface area contributed by atoms with Gasteiger partial charge in [0.15, 0.2) is 0 Å². The molecule has 100 valence electrons. The topological polar surface area (TPSA) is 32.3 Å². The minimum atomic E-state index is 0.162. The van der Waals surface area contributed by atoms with Gasteiger partial charge in [-0.3, -0.25) is 0 Å². The highest BCUT2D eigenvalue weighted by Gasteiger charge is 2.07. The minimum absolute atomic E-state index is 0.162. The molecule has 0 saturated carbocycles. The predicted octanol–water partition coefficient (Wildman–Crippen LogP) is 4.66. The molecule has 0 aliphatic carbocycles. The van der Waals surface area contributed by atoms with Crippen molar-refractivity contribution >= 4 is 27.5 Å². The zero-order chi connectivity index (χ0) is 13.8. The van der Waals surface area contributed by atoms with Crippen LogP contribution in [0.2, 0.25) is 5.02 Å². The zero-order valence-electron chi connectivity index (χ0n) is 10.5. The number of phenols is 1. The van der Waals surface area contributed by atoms with Crippen LogP contribution in [0.5, 0.6) is 5.75 Å². The molecule has 0 fully saturated rings. The number of rotatable bonds is 4. The Morgan fingerprint density at radius 2 is 2.05 bits per heavy atom. The molecule has 0 aromatic heterocycles. The molecule has 1 atom stereocenters. The van der Waals surface area contributed by atoms with Gasteiger partial charge in [-0.15, -0.1) is 0 Å². The van der Waals surface area contributed by atoms with Gasteiger partial charge in [0.25, 0.3) is 0 Å². The van der Waals surface area contributed by atoms with E-state index in [-0.39, 0.29) is 6.04 Å². The third-order valence-corrected chi connectivity index (χ3v) is 3.96. The van der Waals surface area contributed by atoms with E-state index in [4.69, 9.17) is 11.6 Å². The Morgan fingerprint density at radius 3 is 2.74 bits per heavy atom. The van der Waals surface area contributed by atoms with Gasteiger partial charge in [-0.25, -0.2) is 0 Å². The van der Waals surface area contributed by atoms with Crippen molar-refractivity contribution in [1.82, 2.24) is 5.32 Å². The number of nitrogens with one attached hydrogen (secondary N) is 1. The van der Waals surface area contributed by atoms with Gasteiger partial charge in [-0.05, 0) is 42.3 Å². The van der Waals surface area contributed by atoms with Gasteiger partial charge in [0.1, 0.15) is 5.75 Å². The van der Waals surface area contributed by atoms with Gasteiger partial charge in [-0.1, -0.05) is 45.7 Å². The van der Waals surface area contributed by atoms with E-state index < -0.39 is 0 Å². The van der Waals surface area contributed by atoms with Crippen molar-refractivity contribution in [1.29, 1.82) is 0 Å². The van der Waals surface area contributed by atoms with E-state index in [1.165, 1.54) is 0 Å². The first-order chi connectivity index (χ1) is 9.06. The largest absolute Gasteiger partial charge is 0.508 e. The molecule has 1 unspecified atom stereocenters. The fourth-order valence-electron chi connectivity index (χ4n) is 1.84. The molecule has 0 spiro atoms. The summed E-state index contributed by atoms with van der Waals surface area (Å²) in [4.78, 5) is 0. The Hall–Kier alpha value is -1.03. The predicted molar refractivity (Wildman–Crippen MR) is 82.5 cm³/mol. The summed E-state index contributed by atoms with van der Waals surface area (Å²) < 4.78 is 0.996. The maximum Gasteiger partial charge on any atom is 0.115 e. The fraction of sp³-hybridized carbons (Fsp3) is 0.200. The summed E-state index contributed by atoms with van der Waals surface area (Å²) in [5.74, 6) is 0.291. The van der Waals surface area contributed by atoms with Gasteiger partial charge < -0.3 is 10.4 Å². The summed E-state index contributed by atoms with van der Waals surface area (Å²) in [5, 5.41) is 13.6. The van der Waals surface area contributed by atoms with Crippen molar-refractivity contribution in [3.05, 3.63) is 63.1 Å². The maximum atomic E-state index is 9.47. The van der Waals surface area contributed by atoms with Gasteiger partial charge in [-0.2, -0.15) is 0 Å². The third kappa shape index (κ3) is 3.96. The summed E-state index contributed by atoms with van der Waals surface area (Å²) in [6, 6.07) is 13.2. The second-order valence-corrected chi connectivity index (χ2v) is 5.72. The lowest BCUT2D eigenvalue weighted by atomic mass is 10.1. The summed E-state index contributed by atoms with van der Waals surface area (Å²) in [6.07, 6.45) is 0. The number of benzene rings is 2. The molecule has 0 heterocycles. The van der Waals surface area contributed by atoms with Gasteiger partial charge in [0, 0.05) is 22.1 Å². The van der Waals surface area contributed by atoms with Crippen molar-refractivity contribution < 1.29 is 5.11 Å². The number of aromatic hydroxyl groups is 1. The smallest absolute Gasteiger partial charge is 0.115 e. The Bertz CT molecular complexity index is 574. The zero-order valence-corrected chi connectivity index (χ0v) is 12.9. The highest BCUT2D eigenvalue weighted by molar-refractivity contribution is 9.10. The maximum absolute atomic E-state index is 9.47. The molecule has 2 rings (SSSR count). The fourth-order valence-corrected chi connectivity index (χ4v) is 2.66. The lowest BCUT2D eigenvalue weighted by Gasteiger charge is -2.15. The lowest BCUT2D eigenvalue weighted by molar-refractivity contribution is 0.472. The Kier molecular flexibility index (Phi) is 4.86. The van der Waals surface area contributed by atoms with E-state index in [0.717, 1.165) is 27.2 Å². The Morgan fingerprint density at radius 1 is 1.26 bits per heavy atom. The molecule has 0 aliphatic rings. The number of hydrogen-bond acceptors (Lipinski definition) is 2. The van der Waals surface area contributed by atoms with Crippen LogP contribution >= 0.6 is 27.5 Å². The Balaban J connectivity index is 2.02. The van der Waals surface area contributed by atoms with Crippen molar-refractivity contribution in [2.24, 2.45) is 0 Å². The number of phenolic OH excluding ortho intramolecular Hbond substituents is 1. The third-order valence-electron chi connectivity index (χ3n) is 2.98. The van der Waals surface area contributed by atoms with E-state index >= 15 is 0 Å². The van der Waals surface area contributed by atoms with Crippen LogP contribution in [0.1, 0.15) is 24.1 Å². The number of hydrogen-bond donors (Lipinski definition) is 2. The van der Waals surface area contributed by atoms with Crippen LogP contribution in [-0.4, -0.2) is 5.11 Å². The van der Waals surface area contributed by atoms with Gasteiger partial charge >= 0.3 is 0 Å². The standard InChI is InChI=1S/C15H15BrClNO/c1-10(11-3-2-4-14(19)7-11)18-9-12-5-6-13(17)8-15(12)16/h2-8,10,18-19H,9H2,1H3. The molecule has 2 aromatic carbocycles. The van der Waals surface area contributed by atoms with Crippen molar-refractivity contribution in [2.45, 2.75) is 19.5 Å². The summed E-state index contributed by atoms with van der Waals surface area (Å²) >= 11 is 9.42. The van der Waals surface area contributed by atoms with Crippen molar-refractivity contribution in [3.63, 3.8) is 0 Å². The first kappa shape index (κ1) is 14.4. The molecule has 2 aromatic rings. The molecule has 0 bridgehead atoms. The molecule has 2 nitrogen and oxygen atoms in total. The van der Waals surface area contributed by atoms with Crippen LogP contribution in [0, 0.1) is 0 Å². The van der Waals surface area contributed by atoms with E-state index in [1.807, 2.05) is 30.3 Å². The minimum Gasteiger partial charge on any atom is -0.508 e. The Labute approximate surface area is 126 Å². The van der Waals surface area contributed by atoms with Crippen LogP contribution < -0.4 is 5.32 Å². The highest BCUT2D eigenvalue weighted by Crippen LogP contribution is 2.23. The first-order valence-corrected chi connectivity index (χ1v) is 7.19. The van der Waals surface area contributed by atoms with E-state index in [1.54, 1.807) is 12.1 Å². The molecule has 4 heteroatoms. The van der Waals surface area contributed by atoms with E-state index in [9.17, 15) is 5.11 Å². The normalized spacial score (nSPS) is 12.4. The molecular formula is C15H15BrClNO. The van der Waals surface area contributed by atoms with E-state index in [2.05, 4.69) is 28.2 Å². The molecular weight excluding hydrogens is 326 g/mol. The van der Waals surface area contributed by atoms with Crippen LogP contribution in [0.4, 0.5) is 0 Å².